The second-order valence-electron chi connectivity index (χ2n) is 6.52. The van der Waals surface area contributed by atoms with Gasteiger partial charge in [0.25, 0.3) is 0 Å². The van der Waals surface area contributed by atoms with Crippen LogP contribution in [0, 0.1) is 0 Å². The van der Waals surface area contributed by atoms with Crippen molar-refractivity contribution < 1.29 is 0 Å². The van der Waals surface area contributed by atoms with Crippen LogP contribution in [-0.2, 0) is 6.42 Å². The van der Waals surface area contributed by atoms with Gasteiger partial charge in [-0.2, -0.15) is 0 Å². The zero-order chi connectivity index (χ0) is 17.6. The number of nitrogens with zero attached hydrogens (tertiary/aromatic N) is 2. The number of allylic oxidation sites excluding steroid dienone is 1. The van der Waals surface area contributed by atoms with Crippen LogP contribution in [0.4, 0.5) is 0 Å². The van der Waals surface area contributed by atoms with Gasteiger partial charge in [-0.1, -0.05) is 83.8 Å². The van der Waals surface area contributed by atoms with Crippen LogP contribution < -0.4 is 16.4 Å². The van der Waals surface area contributed by atoms with Crippen LogP contribution in [0.2, 0.25) is 0 Å². The molecule has 3 nitrogen and oxygen atoms in total. The largest absolute Gasteiger partial charge is 0.403 e. The standard InChI is InChI=1S/C20H36N3P/c1-3-5-6-7-8-9-10-11-12-13-14-16-20-22-18(17-21)19(15-4-2)23(20)24/h4,15,17H,2-3,5-14,16,21,24H2,1H3/b18-17+,19-15+. The summed E-state index contributed by atoms with van der Waals surface area (Å²) in [5, 5.41) is 1.85. The fraction of sp³-hybridized carbons (Fsp3) is 0.650. The molecule has 0 aliphatic carbocycles. The fourth-order valence-electron chi connectivity index (χ4n) is 3.04. The molecule has 0 radical (unpaired) electrons. The van der Waals surface area contributed by atoms with Gasteiger partial charge in [0.2, 0.25) is 0 Å². The van der Waals surface area contributed by atoms with Gasteiger partial charge in [-0.15, -0.1) is 0 Å². The number of rotatable bonds is 13. The summed E-state index contributed by atoms with van der Waals surface area (Å²) in [5.41, 5.74) is 5.66. The van der Waals surface area contributed by atoms with Crippen molar-refractivity contribution in [1.29, 1.82) is 0 Å². The molecule has 1 aromatic heterocycles. The number of hydrogen-bond donors (Lipinski definition) is 1. The molecular weight excluding hydrogens is 313 g/mol. The minimum absolute atomic E-state index is 0.836. The first-order chi connectivity index (χ1) is 11.7. The first-order valence-electron chi connectivity index (χ1n) is 9.62. The first-order valence-corrected chi connectivity index (χ1v) is 10.1. The first kappa shape index (κ1) is 21.0. The molecule has 0 fully saturated rings. The van der Waals surface area contributed by atoms with Crippen molar-refractivity contribution in [3.8, 4) is 0 Å². The van der Waals surface area contributed by atoms with Gasteiger partial charge in [0.15, 0.2) is 0 Å². The molecule has 0 bridgehead atoms. The molecule has 1 atom stereocenters. The summed E-state index contributed by atoms with van der Waals surface area (Å²) in [5.74, 6) is 1.08. The molecule has 1 heterocycles. The highest BCUT2D eigenvalue weighted by atomic mass is 31.0. The highest BCUT2D eigenvalue weighted by Gasteiger charge is 2.04. The van der Waals surface area contributed by atoms with E-state index in [9.17, 15) is 0 Å². The molecule has 0 spiro atoms. The molecule has 1 aromatic rings. The van der Waals surface area contributed by atoms with Crippen molar-refractivity contribution in [3.05, 3.63) is 29.2 Å². The summed E-state index contributed by atoms with van der Waals surface area (Å²) in [6, 6.07) is 0. The van der Waals surface area contributed by atoms with Gasteiger partial charge in [-0.3, -0.25) is 0 Å². The maximum atomic E-state index is 5.66. The molecule has 0 saturated carbocycles. The van der Waals surface area contributed by atoms with Crippen LogP contribution in [0.3, 0.4) is 0 Å². The Kier molecular flexibility index (Phi) is 11.6. The van der Waals surface area contributed by atoms with E-state index in [0.717, 1.165) is 22.9 Å². The Labute approximate surface area is 150 Å². The van der Waals surface area contributed by atoms with E-state index in [1.807, 2.05) is 6.08 Å². The molecule has 0 aliphatic heterocycles. The van der Waals surface area contributed by atoms with E-state index in [-0.39, 0.29) is 0 Å². The third-order valence-corrected chi connectivity index (χ3v) is 5.06. The van der Waals surface area contributed by atoms with Gasteiger partial charge in [0.1, 0.15) is 11.2 Å². The Balaban J connectivity index is 2.18. The summed E-state index contributed by atoms with van der Waals surface area (Å²) >= 11 is 0. The summed E-state index contributed by atoms with van der Waals surface area (Å²) < 4.78 is 2.05. The van der Waals surface area contributed by atoms with Gasteiger partial charge in [-0.05, 0) is 21.9 Å². The Morgan fingerprint density at radius 2 is 1.54 bits per heavy atom. The second-order valence-corrected chi connectivity index (χ2v) is 7.04. The topological polar surface area (TPSA) is 43.8 Å². The van der Waals surface area contributed by atoms with Crippen LogP contribution in [0.25, 0.3) is 12.3 Å². The lowest BCUT2D eigenvalue weighted by Gasteiger charge is -2.03. The Hall–Kier alpha value is -1.08. The van der Waals surface area contributed by atoms with E-state index in [4.69, 9.17) is 5.73 Å². The molecule has 1 unspecified atom stereocenters. The molecule has 1 rings (SSSR count). The Bertz CT molecular complexity index is 574. The van der Waals surface area contributed by atoms with E-state index in [0.29, 0.717) is 0 Å². The predicted molar refractivity (Wildman–Crippen MR) is 110 cm³/mol. The van der Waals surface area contributed by atoms with Crippen LogP contribution in [0.1, 0.15) is 83.4 Å². The Morgan fingerprint density at radius 3 is 2.04 bits per heavy atom. The summed E-state index contributed by atoms with van der Waals surface area (Å²) in [4.78, 5) is 4.61. The Morgan fingerprint density at radius 1 is 1.00 bits per heavy atom. The van der Waals surface area contributed by atoms with Gasteiger partial charge in [0.05, 0.1) is 5.35 Å². The summed E-state index contributed by atoms with van der Waals surface area (Å²) in [6.07, 6.45) is 21.3. The maximum Gasteiger partial charge on any atom is 0.112 e. The molecular formula is C20H36N3P. The lowest BCUT2D eigenvalue weighted by molar-refractivity contribution is 0.548. The van der Waals surface area contributed by atoms with Gasteiger partial charge < -0.3 is 10.1 Å². The average Bonchev–Trinajstić information content (AvgIpc) is 2.89. The minimum Gasteiger partial charge on any atom is -0.403 e. The third kappa shape index (κ3) is 7.66. The molecule has 0 aromatic carbocycles. The molecule has 2 N–H and O–H groups in total. The van der Waals surface area contributed by atoms with E-state index in [1.54, 1.807) is 12.3 Å². The van der Waals surface area contributed by atoms with Crippen molar-refractivity contribution in [2.24, 2.45) is 5.73 Å². The number of aryl methyl sites for hydroxylation is 1. The molecule has 24 heavy (non-hydrogen) atoms. The van der Waals surface area contributed by atoms with Crippen molar-refractivity contribution in [3.63, 3.8) is 0 Å². The van der Waals surface area contributed by atoms with Crippen molar-refractivity contribution >= 4 is 21.7 Å². The third-order valence-electron chi connectivity index (χ3n) is 4.49. The number of nitrogens with two attached hydrogens (primary N) is 1. The monoisotopic (exact) mass is 349 g/mol. The normalized spacial score (nSPS) is 12.9. The smallest absolute Gasteiger partial charge is 0.112 e. The van der Waals surface area contributed by atoms with Crippen LogP contribution in [0.15, 0.2) is 12.7 Å². The van der Waals surface area contributed by atoms with Crippen LogP contribution in [-0.4, -0.2) is 9.32 Å². The average molecular weight is 350 g/mol. The zero-order valence-corrected chi connectivity index (χ0v) is 16.6. The SMILES string of the molecule is C=C/C=c1\c(=C/N)nc(CCCCCCCCCCCCC)n1P. The van der Waals surface area contributed by atoms with E-state index in [2.05, 4.69) is 32.2 Å². The highest BCUT2D eigenvalue weighted by molar-refractivity contribution is 7.14. The van der Waals surface area contributed by atoms with Crippen molar-refractivity contribution in [2.75, 3.05) is 0 Å². The lowest BCUT2D eigenvalue weighted by atomic mass is 10.1. The molecule has 0 aliphatic rings. The van der Waals surface area contributed by atoms with E-state index < -0.39 is 0 Å². The number of imidazole rings is 1. The van der Waals surface area contributed by atoms with E-state index in [1.165, 1.54) is 70.6 Å². The van der Waals surface area contributed by atoms with Crippen molar-refractivity contribution in [2.45, 2.75) is 84.0 Å². The molecule has 0 saturated heterocycles. The summed E-state index contributed by atoms with van der Waals surface area (Å²) in [6.45, 7) is 6.03. The lowest BCUT2D eigenvalue weighted by Crippen LogP contribution is -2.27. The summed E-state index contributed by atoms with van der Waals surface area (Å²) in [7, 11) is 2.73. The van der Waals surface area contributed by atoms with Crippen LogP contribution in [0.5, 0.6) is 0 Å². The molecule has 4 heteroatoms. The second kappa shape index (κ2) is 13.2. The van der Waals surface area contributed by atoms with Crippen LogP contribution >= 0.6 is 9.39 Å². The zero-order valence-electron chi connectivity index (χ0n) is 15.5. The quantitative estimate of drug-likeness (QED) is 0.431. The molecule has 0 amide bonds. The van der Waals surface area contributed by atoms with E-state index >= 15 is 0 Å². The van der Waals surface area contributed by atoms with Gasteiger partial charge in [0, 0.05) is 12.6 Å². The maximum absolute atomic E-state index is 5.66. The van der Waals surface area contributed by atoms with Gasteiger partial charge in [-0.25, -0.2) is 4.98 Å². The number of unbranched alkanes of at least 4 members (excludes halogenated alkanes) is 10. The van der Waals surface area contributed by atoms with Gasteiger partial charge >= 0.3 is 0 Å². The molecule has 136 valence electrons. The van der Waals surface area contributed by atoms with Crippen molar-refractivity contribution in [1.82, 2.24) is 9.32 Å². The minimum atomic E-state index is 0.836. The predicted octanol–water partition coefficient (Wildman–Crippen LogP) is 4.04. The number of aromatic nitrogens is 2. The highest BCUT2D eigenvalue weighted by Crippen LogP contribution is 2.12. The number of hydrogen-bond acceptors (Lipinski definition) is 2. The fourth-order valence-corrected chi connectivity index (χ4v) is 3.44.